The molecule has 0 atom stereocenters. The lowest BCUT2D eigenvalue weighted by atomic mass is 10.1. The molecule has 0 aliphatic carbocycles. The van der Waals surface area contributed by atoms with Gasteiger partial charge in [-0.1, -0.05) is 24.6 Å². The first-order valence-corrected chi connectivity index (χ1v) is 6.34. The average Bonchev–Trinajstić information content (AvgIpc) is 2.37. The van der Waals surface area contributed by atoms with Crippen LogP contribution in [-0.2, 0) is 16.1 Å². The fraction of sp³-hybridized carbons (Fsp3) is 0.500. The zero-order valence-electron chi connectivity index (χ0n) is 10.9. The minimum absolute atomic E-state index is 0.0515. The fourth-order valence-corrected chi connectivity index (χ4v) is 1.74. The molecule has 0 heterocycles. The summed E-state index contributed by atoms with van der Waals surface area (Å²) in [6.45, 7) is 1.20. The maximum atomic E-state index is 11.7. The summed E-state index contributed by atoms with van der Waals surface area (Å²) < 4.78 is 5.10. The first kappa shape index (κ1) is 14.7. The molecule has 4 heteroatoms. The highest BCUT2D eigenvalue weighted by Gasteiger charge is 2.05. The third-order valence-electron chi connectivity index (χ3n) is 2.70. The summed E-state index contributed by atoms with van der Waals surface area (Å²) in [4.78, 5) is 11.7. The molecule has 0 saturated carbocycles. The Morgan fingerprint density at radius 2 is 2.06 bits per heavy atom. The molecule has 3 N–H and O–H groups in total. The van der Waals surface area contributed by atoms with E-state index in [1.54, 1.807) is 7.11 Å². The Kier molecular flexibility index (Phi) is 7.06. The summed E-state index contributed by atoms with van der Waals surface area (Å²) in [6, 6.07) is 7.69. The van der Waals surface area contributed by atoms with Gasteiger partial charge < -0.3 is 15.8 Å². The van der Waals surface area contributed by atoms with Gasteiger partial charge in [0, 0.05) is 24.8 Å². The molecule has 0 radical (unpaired) electrons. The van der Waals surface area contributed by atoms with Crippen LogP contribution in [0.2, 0.25) is 0 Å². The van der Waals surface area contributed by atoms with E-state index < -0.39 is 0 Å². The van der Waals surface area contributed by atoms with Crippen molar-refractivity contribution in [1.82, 2.24) is 0 Å². The lowest BCUT2D eigenvalue weighted by Crippen LogP contribution is -2.13. The van der Waals surface area contributed by atoms with E-state index in [2.05, 4.69) is 5.32 Å². The number of methoxy groups -OCH3 is 1. The van der Waals surface area contributed by atoms with Crippen molar-refractivity contribution in [3.05, 3.63) is 29.8 Å². The van der Waals surface area contributed by atoms with Gasteiger partial charge in [-0.15, -0.1) is 0 Å². The Hall–Kier alpha value is -1.39. The smallest absolute Gasteiger partial charge is 0.224 e. The largest absolute Gasteiger partial charge is 0.380 e. The monoisotopic (exact) mass is 250 g/mol. The number of carbonyl (C=O) groups is 1. The number of amides is 1. The summed E-state index contributed by atoms with van der Waals surface area (Å²) in [6.07, 6.45) is 3.41. The van der Waals surface area contributed by atoms with Crippen molar-refractivity contribution in [1.29, 1.82) is 0 Å². The van der Waals surface area contributed by atoms with Crippen LogP contribution in [0.4, 0.5) is 5.69 Å². The number of unbranched alkanes of at least 4 members (excludes halogenated alkanes) is 2. The highest BCUT2D eigenvalue weighted by atomic mass is 16.5. The Morgan fingerprint density at radius 3 is 2.78 bits per heavy atom. The lowest BCUT2D eigenvalue weighted by molar-refractivity contribution is -0.116. The van der Waals surface area contributed by atoms with Crippen molar-refractivity contribution in [3.8, 4) is 0 Å². The second-order valence-electron chi connectivity index (χ2n) is 4.24. The van der Waals surface area contributed by atoms with Crippen molar-refractivity contribution in [2.45, 2.75) is 32.3 Å². The molecule has 0 saturated heterocycles. The van der Waals surface area contributed by atoms with E-state index in [1.807, 2.05) is 24.3 Å². The lowest BCUT2D eigenvalue weighted by Gasteiger charge is -2.10. The standard InChI is InChI=1S/C14H22N2O2/c1-18-11-12-7-4-5-8-13(12)16-14(17)9-3-2-6-10-15/h4-5,7-8H,2-3,6,9-11,15H2,1H3,(H,16,17). The van der Waals surface area contributed by atoms with E-state index in [9.17, 15) is 4.79 Å². The predicted molar refractivity (Wildman–Crippen MR) is 73.3 cm³/mol. The maximum Gasteiger partial charge on any atom is 0.224 e. The van der Waals surface area contributed by atoms with Gasteiger partial charge in [0.25, 0.3) is 0 Å². The predicted octanol–water partition coefficient (Wildman–Crippen LogP) is 2.29. The van der Waals surface area contributed by atoms with E-state index in [0.717, 1.165) is 30.5 Å². The van der Waals surface area contributed by atoms with Crippen molar-refractivity contribution < 1.29 is 9.53 Å². The van der Waals surface area contributed by atoms with Crippen LogP contribution in [0.25, 0.3) is 0 Å². The number of ether oxygens (including phenoxy) is 1. The molecule has 0 spiro atoms. The Bertz CT molecular complexity index is 367. The molecular formula is C14H22N2O2. The summed E-state index contributed by atoms with van der Waals surface area (Å²) in [5, 5.41) is 2.92. The highest BCUT2D eigenvalue weighted by Crippen LogP contribution is 2.16. The van der Waals surface area contributed by atoms with E-state index in [1.165, 1.54) is 0 Å². The normalized spacial score (nSPS) is 10.3. The molecule has 4 nitrogen and oxygen atoms in total. The molecule has 0 aliphatic rings. The first-order chi connectivity index (χ1) is 8.77. The number of nitrogens with two attached hydrogens (primary N) is 1. The molecule has 0 fully saturated rings. The van der Waals surface area contributed by atoms with Crippen molar-refractivity contribution in [2.24, 2.45) is 5.73 Å². The SMILES string of the molecule is COCc1ccccc1NC(=O)CCCCCN. The molecular weight excluding hydrogens is 228 g/mol. The molecule has 0 aromatic heterocycles. The fourth-order valence-electron chi connectivity index (χ4n) is 1.74. The number of hydrogen-bond donors (Lipinski definition) is 2. The van der Waals surface area contributed by atoms with E-state index >= 15 is 0 Å². The van der Waals surface area contributed by atoms with Gasteiger partial charge in [0.2, 0.25) is 5.91 Å². The number of hydrogen-bond acceptors (Lipinski definition) is 3. The second kappa shape index (κ2) is 8.66. The molecule has 0 aliphatic heterocycles. The van der Waals surface area contributed by atoms with Crippen molar-refractivity contribution in [3.63, 3.8) is 0 Å². The minimum Gasteiger partial charge on any atom is -0.380 e. The second-order valence-corrected chi connectivity index (χ2v) is 4.24. The van der Waals surface area contributed by atoms with Crippen LogP contribution < -0.4 is 11.1 Å². The van der Waals surface area contributed by atoms with Crippen LogP contribution in [0.5, 0.6) is 0 Å². The van der Waals surface area contributed by atoms with Crippen LogP contribution in [0, 0.1) is 0 Å². The van der Waals surface area contributed by atoms with Gasteiger partial charge in [0.05, 0.1) is 6.61 Å². The molecule has 1 aromatic rings. The van der Waals surface area contributed by atoms with Gasteiger partial charge in [-0.05, 0) is 25.5 Å². The zero-order valence-corrected chi connectivity index (χ0v) is 10.9. The van der Waals surface area contributed by atoms with Crippen LogP contribution in [-0.4, -0.2) is 19.6 Å². The number of benzene rings is 1. The van der Waals surface area contributed by atoms with Gasteiger partial charge >= 0.3 is 0 Å². The Balaban J connectivity index is 2.43. The zero-order chi connectivity index (χ0) is 13.2. The molecule has 0 unspecified atom stereocenters. The number of rotatable bonds is 8. The Morgan fingerprint density at radius 1 is 1.28 bits per heavy atom. The summed E-state index contributed by atoms with van der Waals surface area (Å²) >= 11 is 0. The van der Waals surface area contributed by atoms with Crippen LogP contribution in [0.15, 0.2) is 24.3 Å². The van der Waals surface area contributed by atoms with Crippen LogP contribution in [0.1, 0.15) is 31.2 Å². The molecule has 18 heavy (non-hydrogen) atoms. The molecule has 1 aromatic carbocycles. The summed E-state index contributed by atoms with van der Waals surface area (Å²) in [5.41, 5.74) is 7.24. The highest BCUT2D eigenvalue weighted by molar-refractivity contribution is 5.91. The molecule has 1 rings (SSSR count). The molecule has 1 amide bonds. The number of carbonyl (C=O) groups excluding carboxylic acids is 1. The van der Waals surface area contributed by atoms with Gasteiger partial charge in [0.15, 0.2) is 0 Å². The third-order valence-corrected chi connectivity index (χ3v) is 2.70. The number of para-hydroxylation sites is 1. The van der Waals surface area contributed by atoms with Crippen LogP contribution in [0.3, 0.4) is 0 Å². The topological polar surface area (TPSA) is 64.3 Å². The van der Waals surface area contributed by atoms with Crippen molar-refractivity contribution in [2.75, 3.05) is 19.0 Å². The number of anilines is 1. The first-order valence-electron chi connectivity index (χ1n) is 6.34. The summed E-state index contributed by atoms with van der Waals surface area (Å²) in [7, 11) is 1.64. The molecule has 100 valence electrons. The van der Waals surface area contributed by atoms with E-state index in [4.69, 9.17) is 10.5 Å². The minimum atomic E-state index is 0.0515. The Labute approximate surface area is 109 Å². The third kappa shape index (κ3) is 5.29. The maximum absolute atomic E-state index is 11.7. The summed E-state index contributed by atoms with van der Waals surface area (Å²) in [5.74, 6) is 0.0515. The molecule has 0 bridgehead atoms. The van der Waals surface area contributed by atoms with Crippen molar-refractivity contribution >= 4 is 11.6 Å². The van der Waals surface area contributed by atoms with Gasteiger partial charge in [0.1, 0.15) is 0 Å². The average molecular weight is 250 g/mol. The quantitative estimate of drug-likeness (QED) is 0.696. The van der Waals surface area contributed by atoms with Gasteiger partial charge in [-0.3, -0.25) is 4.79 Å². The van der Waals surface area contributed by atoms with E-state index in [0.29, 0.717) is 19.6 Å². The van der Waals surface area contributed by atoms with Gasteiger partial charge in [-0.2, -0.15) is 0 Å². The number of nitrogens with one attached hydrogen (secondary N) is 1. The van der Waals surface area contributed by atoms with Gasteiger partial charge in [-0.25, -0.2) is 0 Å². The van der Waals surface area contributed by atoms with E-state index in [-0.39, 0.29) is 5.91 Å². The van der Waals surface area contributed by atoms with Crippen LogP contribution >= 0.6 is 0 Å².